The molecule has 0 saturated carbocycles. The van der Waals surface area contributed by atoms with Gasteiger partial charge in [-0.2, -0.15) is 0 Å². The molecule has 0 unspecified atom stereocenters. The maximum absolute atomic E-state index is 13.6. The van der Waals surface area contributed by atoms with Crippen LogP contribution in [0.3, 0.4) is 0 Å². The van der Waals surface area contributed by atoms with E-state index in [9.17, 15) is 22.0 Å². The molecule has 148 valence electrons. The Kier molecular flexibility index (Phi) is 7.88. The van der Waals surface area contributed by atoms with E-state index >= 15 is 0 Å². The predicted octanol–water partition coefficient (Wildman–Crippen LogP) is 6.72. The largest absolute Gasteiger partial charge is 0.301 e. The summed E-state index contributed by atoms with van der Waals surface area (Å²) in [6.45, 7) is 2.18. The van der Waals surface area contributed by atoms with Gasteiger partial charge in [0.25, 0.3) is 0 Å². The summed E-state index contributed by atoms with van der Waals surface area (Å²) in [6.07, 6.45) is 8.13. The van der Waals surface area contributed by atoms with Gasteiger partial charge in [-0.15, -0.1) is 0 Å². The van der Waals surface area contributed by atoms with Crippen molar-refractivity contribution < 1.29 is 22.0 Å². The number of hydrogen-bond acceptors (Lipinski definition) is 2. The Bertz CT molecular complexity index is 718. The molecule has 0 aliphatic rings. The molecule has 27 heavy (non-hydrogen) atoms. The fourth-order valence-corrected chi connectivity index (χ4v) is 2.71. The molecular weight excluding hydrogens is 363 g/mol. The number of nitrogens with one attached hydrogen (secondary N) is 2. The molecule has 2 rings (SSSR count). The summed E-state index contributed by atoms with van der Waals surface area (Å²) in [5.74, 6) is -10.0. The van der Waals surface area contributed by atoms with Crippen molar-refractivity contribution in [3.8, 4) is 0 Å². The van der Waals surface area contributed by atoms with E-state index in [-0.39, 0.29) is 0 Å². The lowest BCUT2D eigenvalue weighted by molar-refractivity contribution is 0.381. The van der Waals surface area contributed by atoms with Crippen LogP contribution in [0.2, 0.25) is 0 Å². The van der Waals surface area contributed by atoms with Gasteiger partial charge in [0.15, 0.2) is 23.3 Å². The van der Waals surface area contributed by atoms with Crippen molar-refractivity contribution in [3.63, 3.8) is 0 Å². The minimum Gasteiger partial charge on any atom is -0.301 e. The summed E-state index contributed by atoms with van der Waals surface area (Å²) >= 11 is 0. The van der Waals surface area contributed by atoms with E-state index in [0.717, 1.165) is 18.4 Å². The van der Waals surface area contributed by atoms with E-state index in [2.05, 4.69) is 17.8 Å². The first-order chi connectivity index (χ1) is 13.0. The van der Waals surface area contributed by atoms with Crippen molar-refractivity contribution in [2.75, 3.05) is 10.9 Å². The Morgan fingerprint density at radius 2 is 1.15 bits per heavy atom. The number of benzene rings is 2. The summed E-state index contributed by atoms with van der Waals surface area (Å²) in [4.78, 5) is 0. The SMILES string of the molecule is CCCCCCCCc1ccc(NNc2c(F)c(F)c(F)c(F)c2F)cc1. The highest BCUT2D eigenvalue weighted by Crippen LogP contribution is 2.27. The van der Waals surface area contributed by atoms with Crippen molar-refractivity contribution in [2.45, 2.75) is 51.9 Å². The lowest BCUT2D eigenvalue weighted by Gasteiger charge is -2.13. The Hall–Kier alpha value is -2.31. The zero-order valence-corrected chi connectivity index (χ0v) is 15.1. The molecule has 0 radical (unpaired) electrons. The van der Waals surface area contributed by atoms with Crippen LogP contribution in [0.1, 0.15) is 51.0 Å². The highest BCUT2D eigenvalue weighted by atomic mass is 19.2. The number of rotatable bonds is 10. The van der Waals surface area contributed by atoms with Crippen LogP contribution in [0.15, 0.2) is 24.3 Å². The highest BCUT2D eigenvalue weighted by molar-refractivity contribution is 5.55. The standard InChI is InChI=1S/C20H23F5N2/c1-2-3-4-5-6-7-8-13-9-11-14(12-10-13)26-27-20-18(24)16(22)15(21)17(23)19(20)25/h9-12,26-27H,2-8H2,1H3. The molecule has 2 aromatic rings. The smallest absolute Gasteiger partial charge is 0.200 e. The second-order valence-corrected chi connectivity index (χ2v) is 6.41. The molecule has 0 spiro atoms. The Balaban J connectivity index is 1.89. The van der Waals surface area contributed by atoms with Crippen LogP contribution in [0.25, 0.3) is 0 Å². The quantitative estimate of drug-likeness (QED) is 0.156. The van der Waals surface area contributed by atoms with E-state index in [1.165, 1.54) is 32.1 Å². The van der Waals surface area contributed by atoms with Gasteiger partial charge in [-0.25, -0.2) is 22.0 Å². The molecule has 0 aliphatic heterocycles. The molecule has 0 bridgehead atoms. The van der Waals surface area contributed by atoms with Crippen LogP contribution >= 0.6 is 0 Å². The average Bonchev–Trinajstić information content (AvgIpc) is 2.68. The lowest BCUT2D eigenvalue weighted by Crippen LogP contribution is -2.15. The van der Waals surface area contributed by atoms with Crippen LogP contribution in [0, 0.1) is 29.1 Å². The van der Waals surface area contributed by atoms with E-state index < -0.39 is 34.8 Å². The number of unbranched alkanes of at least 4 members (excludes halogenated alkanes) is 5. The fourth-order valence-electron chi connectivity index (χ4n) is 2.71. The van der Waals surface area contributed by atoms with Crippen LogP contribution in [-0.2, 0) is 6.42 Å². The zero-order chi connectivity index (χ0) is 19.8. The van der Waals surface area contributed by atoms with Crippen molar-refractivity contribution in [3.05, 3.63) is 58.9 Å². The summed E-state index contributed by atoms with van der Waals surface area (Å²) in [6, 6.07) is 7.06. The molecule has 2 N–H and O–H groups in total. The molecule has 2 nitrogen and oxygen atoms in total. The number of halogens is 5. The second-order valence-electron chi connectivity index (χ2n) is 6.41. The van der Waals surface area contributed by atoms with Gasteiger partial charge in [-0.05, 0) is 30.5 Å². The number of anilines is 2. The van der Waals surface area contributed by atoms with Gasteiger partial charge in [0.05, 0.1) is 5.69 Å². The monoisotopic (exact) mass is 386 g/mol. The first-order valence-corrected chi connectivity index (χ1v) is 9.08. The normalized spacial score (nSPS) is 10.9. The molecular formula is C20H23F5N2. The molecule has 7 heteroatoms. The van der Waals surface area contributed by atoms with E-state index in [1.54, 1.807) is 12.1 Å². The van der Waals surface area contributed by atoms with Gasteiger partial charge in [-0.1, -0.05) is 51.2 Å². The molecule has 0 atom stereocenters. The maximum atomic E-state index is 13.6. The summed E-state index contributed by atoms with van der Waals surface area (Å²) in [5.41, 5.74) is 4.93. The third kappa shape index (κ3) is 5.58. The second kappa shape index (κ2) is 10.1. The van der Waals surface area contributed by atoms with Gasteiger partial charge < -0.3 is 5.43 Å². The number of hydrazine groups is 1. The lowest BCUT2D eigenvalue weighted by atomic mass is 10.0. The van der Waals surface area contributed by atoms with Gasteiger partial charge in [-0.3, -0.25) is 5.43 Å². The predicted molar refractivity (Wildman–Crippen MR) is 97.0 cm³/mol. The van der Waals surface area contributed by atoms with Gasteiger partial charge in [0.2, 0.25) is 5.82 Å². The average molecular weight is 386 g/mol. The molecule has 0 saturated heterocycles. The third-order valence-electron chi connectivity index (χ3n) is 4.31. The minimum absolute atomic E-state index is 0.436. The van der Waals surface area contributed by atoms with Crippen LogP contribution in [0.4, 0.5) is 33.3 Å². The summed E-state index contributed by atoms with van der Waals surface area (Å²) in [7, 11) is 0. The van der Waals surface area contributed by atoms with Crippen LogP contribution < -0.4 is 10.9 Å². The molecule has 0 aromatic heterocycles. The fraction of sp³-hybridized carbons (Fsp3) is 0.400. The van der Waals surface area contributed by atoms with E-state index in [4.69, 9.17) is 0 Å². The molecule has 0 amide bonds. The Morgan fingerprint density at radius 1 is 0.630 bits per heavy atom. The highest BCUT2D eigenvalue weighted by Gasteiger charge is 2.25. The third-order valence-corrected chi connectivity index (χ3v) is 4.31. The molecule has 0 heterocycles. The minimum atomic E-state index is -2.19. The maximum Gasteiger partial charge on any atom is 0.200 e. The summed E-state index contributed by atoms with van der Waals surface area (Å²) in [5, 5.41) is 0. The van der Waals surface area contributed by atoms with E-state index in [1.807, 2.05) is 12.1 Å². The van der Waals surface area contributed by atoms with Crippen molar-refractivity contribution in [1.29, 1.82) is 0 Å². The number of hydrogen-bond donors (Lipinski definition) is 2. The number of aryl methyl sites for hydroxylation is 1. The molecule has 0 fully saturated rings. The van der Waals surface area contributed by atoms with Gasteiger partial charge in [0.1, 0.15) is 5.69 Å². The van der Waals surface area contributed by atoms with Crippen molar-refractivity contribution in [1.82, 2.24) is 0 Å². The molecule has 0 aliphatic carbocycles. The van der Waals surface area contributed by atoms with E-state index in [0.29, 0.717) is 5.69 Å². The summed E-state index contributed by atoms with van der Waals surface area (Å²) < 4.78 is 66.5. The van der Waals surface area contributed by atoms with Crippen molar-refractivity contribution in [2.24, 2.45) is 0 Å². The van der Waals surface area contributed by atoms with Gasteiger partial charge >= 0.3 is 0 Å². The Morgan fingerprint density at radius 3 is 1.74 bits per heavy atom. The topological polar surface area (TPSA) is 24.1 Å². The zero-order valence-electron chi connectivity index (χ0n) is 15.1. The first kappa shape index (κ1) is 21.0. The van der Waals surface area contributed by atoms with Gasteiger partial charge in [0, 0.05) is 0 Å². The van der Waals surface area contributed by atoms with Crippen molar-refractivity contribution >= 4 is 11.4 Å². The molecule has 2 aromatic carbocycles. The van der Waals surface area contributed by atoms with Crippen LogP contribution in [0.5, 0.6) is 0 Å². The first-order valence-electron chi connectivity index (χ1n) is 9.08. The van der Waals surface area contributed by atoms with Crippen LogP contribution in [-0.4, -0.2) is 0 Å². The Labute approximate surface area is 155 Å².